The summed E-state index contributed by atoms with van der Waals surface area (Å²) in [5, 5.41) is 4.47. The van der Waals surface area contributed by atoms with Crippen molar-refractivity contribution in [3.8, 4) is 0 Å². The number of rotatable bonds is 3. The summed E-state index contributed by atoms with van der Waals surface area (Å²) in [5.41, 5.74) is 2.39. The van der Waals surface area contributed by atoms with Gasteiger partial charge in [0.15, 0.2) is 0 Å². The molecule has 0 fully saturated rings. The van der Waals surface area contributed by atoms with E-state index >= 15 is 0 Å². The number of allylic oxidation sites excluding steroid dienone is 1. The second-order valence-electron chi connectivity index (χ2n) is 3.80. The van der Waals surface area contributed by atoms with E-state index in [1.165, 1.54) is 11.4 Å². The third kappa shape index (κ3) is 4.82. The fourth-order valence-corrected chi connectivity index (χ4v) is 1.36. The molecule has 0 unspecified atom stereocenters. The van der Waals surface area contributed by atoms with Crippen molar-refractivity contribution < 1.29 is 0 Å². The second-order valence-corrected chi connectivity index (χ2v) is 3.80. The van der Waals surface area contributed by atoms with Gasteiger partial charge in [-0.3, -0.25) is 0 Å². The quantitative estimate of drug-likeness (QED) is 0.736. The van der Waals surface area contributed by atoms with E-state index in [2.05, 4.69) is 31.9 Å². The van der Waals surface area contributed by atoms with E-state index in [0.717, 1.165) is 6.42 Å². The highest BCUT2D eigenvalue weighted by Crippen LogP contribution is 2.08. The molecule has 2 nitrogen and oxygen atoms in total. The first-order chi connectivity index (χ1) is 7.13. The first kappa shape index (κ1) is 13.9. The van der Waals surface area contributed by atoms with E-state index < -0.39 is 0 Å². The number of nitrogens with zero attached hydrogens (tertiary/aromatic N) is 2. The van der Waals surface area contributed by atoms with Gasteiger partial charge in [-0.2, -0.15) is 5.10 Å². The van der Waals surface area contributed by atoms with Crippen LogP contribution in [-0.4, -0.2) is 9.78 Å². The van der Waals surface area contributed by atoms with Crippen molar-refractivity contribution in [1.82, 2.24) is 9.78 Å². The average Bonchev–Trinajstić information content (AvgIpc) is 2.50. The third-order valence-corrected chi connectivity index (χ3v) is 1.88. The van der Waals surface area contributed by atoms with Crippen LogP contribution < -0.4 is 0 Å². The van der Waals surface area contributed by atoms with Crippen molar-refractivity contribution >= 4 is 6.20 Å². The number of aryl methyl sites for hydroxylation is 1. The SMILES string of the molecule is C/C=C\n1nc(CC(C)C)cc1C.CC. The first-order valence-corrected chi connectivity index (χ1v) is 5.81. The second kappa shape index (κ2) is 7.27. The van der Waals surface area contributed by atoms with Gasteiger partial charge in [-0.15, -0.1) is 0 Å². The van der Waals surface area contributed by atoms with Crippen molar-refractivity contribution in [2.24, 2.45) is 5.92 Å². The fraction of sp³-hybridized carbons (Fsp3) is 0.615. The standard InChI is InChI=1S/C11H18N2.C2H6/c1-5-6-13-10(4)8-11(12-13)7-9(2)3;1-2/h5-6,8-9H,7H2,1-4H3;1-2H3/b6-5-;. The van der Waals surface area contributed by atoms with Gasteiger partial charge >= 0.3 is 0 Å². The van der Waals surface area contributed by atoms with E-state index in [-0.39, 0.29) is 0 Å². The molecular formula is C13H24N2. The van der Waals surface area contributed by atoms with E-state index in [9.17, 15) is 0 Å². The predicted molar refractivity (Wildman–Crippen MR) is 67.9 cm³/mol. The maximum atomic E-state index is 4.47. The minimum Gasteiger partial charge on any atom is -0.245 e. The minimum absolute atomic E-state index is 0.674. The van der Waals surface area contributed by atoms with Gasteiger partial charge in [0.25, 0.3) is 0 Å². The fourth-order valence-electron chi connectivity index (χ4n) is 1.36. The molecule has 0 aromatic carbocycles. The van der Waals surface area contributed by atoms with E-state index in [0.29, 0.717) is 5.92 Å². The van der Waals surface area contributed by atoms with Crippen LogP contribution in [0, 0.1) is 12.8 Å². The Morgan fingerprint density at radius 1 is 1.40 bits per heavy atom. The Balaban J connectivity index is 0.000000921. The number of hydrogen-bond acceptors (Lipinski definition) is 1. The molecule has 2 heteroatoms. The molecule has 1 aromatic rings. The Kier molecular flexibility index (Phi) is 6.76. The highest BCUT2D eigenvalue weighted by molar-refractivity contribution is 5.25. The van der Waals surface area contributed by atoms with Crippen LogP contribution in [0.15, 0.2) is 12.1 Å². The molecule has 0 aliphatic heterocycles. The molecule has 0 aliphatic carbocycles. The van der Waals surface area contributed by atoms with Gasteiger partial charge in [-0.25, -0.2) is 4.68 Å². The van der Waals surface area contributed by atoms with Crippen LogP contribution in [0.2, 0.25) is 0 Å². The van der Waals surface area contributed by atoms with Crippen LogP contribution in [0.1, 0.15) is 46.0 Å². The molecule has 0 spiro atoms. The van der Waals surface area contributed by atoms with Crippen LogP contribution in [0.3, 0.4) is 0 Å². The first-order valence-electron chi connectivity index (χ1n) is 5.81. The molecule has 1 rings (SSSR count). The van der Waals surface area contributed by atoms with Crippen molar-refractivity contribution in [3.63, 3.8) is 0 Å². The Morgan fingerprint density at radius 3 is 2.47 bits per heavy atom. The third-order valence-electron chi connectivity index (χ3n) is 1.88. The summed E-state index contributed by atoms with van der Waals surface area (Å²) in [6.45, 7) is 12.5. The van der Waals surface area contributed by atoms with Crippen LogP contribution >= 0.6 is 0 Å². The summed E-state index contributed by atoms with van der Waals surface area (Å²) >= 11 is 0. The smallest absolute Gasteiger partial charge is 0.0634 e. The van der Waals surface area contributed by atoms with Gasteiger partial charge in [0.05, 0.1) is 5.69 Å². The van der Waals surface area contributed by atoms with Crippen molar-refractivity contribution in [3.05, 3.63) is 23.5 Å². The van der Waals surface area contributed by atoms with Crippen LogP contribution in [0.5, 0.6) is 0 Å². The maximum absolute atomic E-state index is 4.47. The van der Waals surface area contributed by atoms with Gasteiger partial charge in [0, 0.05) is 11.9 Å². The lowest BCUT2D eigenvalue weighted by molar-refractivity contribution is 0.630. The Bertz CT molecular complexity index is 295. The van der Waals surface area contributed by atoms with Gasteiger partial charge in [-0.05, 0) is 32.3 Å². The van der Waals surface area contributed by atoms with E-state index in [1.807, 2.05) is 37.7 Å². The van der Waals surface area contributed by atoms with Gasteiger partial charge in [-0.1, -0.05) is 33.8 Å². The zero-order valence-corrected chi connectivity index (χ0v) is 10.9. The normalized spacial score (nSPS) is 10.6. The summed E-state index contributed by atoms with van der Waals surface area (Å²) in [6.07, 6.45) is 5.05. The van der Waals surface area contributed by atoms with Crippen LogP contribution in [0.4, 0.5) is 0 Å². The maximum Gasteiger partial charge on any atom is 0.0634 e. The largest absolute Gasteiger partial charge is 0.245 e. The Hall–Kier alpha value is -1.05. The summed E-state index contributed by atoms with van der Waals surface area (Å²) in [6, 6.07) is 2.15. The number of aromatic nitrogens is 2. The summed E-state index contributed by atoms with van der Waals surface area (Å²) in [4.78, 5) is 0. The molecule has 1 heterocycles. The highest BCUT2D eigenvalue weighted by Gasteiger charge is 2.03. The zero-order valence-electron chi connectivity index (χ0n) is 10.9. The lowest BCUT2D eigenvalue weighted by Crippen LogP contribution is -1.96. The molecule has 0 atom stereocenters. The van der Waals surface area contributed by atoms with Crippen LogP contribution in [-0.2, 0) is 6.42 Å². The summed E-state index contributed by atoms with van der Waals surface area (Å²) < 4.78 is 1.93. The molecule has 86 valence electrons. The predicted octanol–water partition coefficient (Wildman–Crippen LogP) is 3.91. The lowest BCUT2D eigenvalue weighted by atomic mass is 10.1. The van der Waals surface area contributed by atoms with Gasteiger partial charge < -0.3 is 0 Å². The molecule has 0 aliphatic rings. The molecule has 0 saturated heterocycles. The molecular weight excluding hydrogens is 184 g/mol. The highest BCUT2D eigenvalue weighted by atomic mass is 15.3. The van der Waals surface area contributed by atoms with E-state index in [4.69, 9.17) is 0 Å². The van der Waals surface area contributed by atoms with Gasteiger partial charge in [0.2, 0.25) is 0 Å². The average molecular weight is 208 g/mol. The topological polar surface area (TPSA) is 17.8 Å². The van der Waals surface area contributed by atoms with Gasteiger partial charge in [0.1, 0.15) is 0 Å². The lowest BCUT2D eigenvalue weighted by Gasteiger charge is -1.98. The van der Waals surface area contributed by atoms with Crippen molar-refractivity contribution in [2.45, 2.75) is 48.0 Å². The van der Waals surface area contributed by atoms with E-state index in [1.54, 1.807) is 0 Å². The molecule has 0 amide bonds. The molecule has 0 N–H and O–H groups in total. The Labute approximate surface area is 94.0 Å². The molecule has 0 bridgehead atoms. The molecule has 0 radical (unpaired) electrons. The van der Waals surface area contributed by atoms with Crippen molar-refractivity contribution in [1.29, 1.82) is 0 Å². The van der Waals surface area contributed by atoms with Crippen molar-refractivity contribution in [2.75, 3.05) is 0 Å². The van der Waals surface area contributed by atoms with Crippen LogP contribution in [0.25, 0.3) is 6.20 Å². The minimum atomic E-state index is 0.674. The Morgan fingerprint density at radius 2 is 2.00 bits per heavy atom. The zero-order chi connectivity index (χ0) is 11.8. The summed E-state index contributed by atoms with van der Waals surface area (Å²) in [5.74, 6) is 0.674. The number of hydrogen-bond donors (Lipinski definition) is 0. The molecule has 0 saturated carbocycles. The monoisotopic (exact) mass is 208 g/mol. The molecule has 15 heavy (non-hydrogen) atoms. The summed E-state index contributed by atoms with van der Waals surface area (Å²) in [7, 11) is 0. The molecule has 1 aromatic heterocycles.